The smallest absolute Gasteiger partial charge is 0.389 e. The maximum absolute atomic E-state index is 12.6. The van der Waals surface area contributed by atoms with Gasteiger partial charge in [-0.05, 0) is 12.5 Å². The van der Waals surface area contributed by atoms with Crippen LogP contribution in [0.5, 0.6) is 0 Å². The minimum Gasteiger partial charge on any atom is -0.389 e. The van der Waals surface area contributed by atoms with Gasteiger partial charge in [0.05, 0.1) is 16.7 Å². The topological polar surface area (TPSA) is 73.7 Å². The first kappa shape index (κ1) is 17.5. The Morgan fingerprint density at radius 1 is 1.27 bits per heavy atom. The van der Waals surface area contributed by atoms with E-state index in [0.29, 0.717) is 44.9 Å². The molecule has 26 heavy (non-hydrogen) atoms. The molecule has 4 rings (SSSR count). The normalized spacial score (nSPS) is 24.3. The van der Waals surface area contributed by atoms with Crippen LogP contribution in [0.3, 0.4) is 0 Å². The lowest BCUT2D eigenvalue weighted by Crippen LogP contribution is -2.57. The summed E-state index contributed by atoms with van der Waals surface area (Å²) in [4.78, 5) is 31.3. The van der Waals surface area contributed by atoms with Gasteiger partial charge in [-0.25, -0.2) is 4.98 Å². The highest BCUT2D eigenvalue weighted by Gasteiger charge is 2.66. The van der Waals surface area contributed by atoms with E-state index in [4.69, 9.17) is 11.6 Å². The average molecular weight is 390 g/mol. The lowest BCUT2D eigenvalue weighted by atomic mass is 9.92. The van der Waals surface area contributed by atoms with E-state index in [-0.39, 0.29) is 28.0 Å². The molecule has 3 fully saturated rings. The molecule has 1 saturated carbocycles. The molecule has 1 unspecified atom stereocenters. The minimum absolute atomic E-state index is 0.00640. The Labute approximate surface area is 151 Å². The number of pyridine rings is 1. The number of β-amino-alcohol motifs (C(OH)–C–C–N with tert-alkyl or cyclic N) is 1. The van der Waals surface area contributed by atoms with Crippen molar-refractivity contribution in [3.8, 4) is 0 Å². The van der Waals surface area contributed by atoms with E-state index >= 15 is 0 Å². The van der Waals surface area contributed by atoms with Gasteiger partial charge in [0.2, 0.25) is 5.91 Å². The van der Waals surface area contributed by atoms with Gasteiger partial charge in [-0.3, -0.25) is 9.59 Å². The number of alkyl halides is 3. The van der Waals surface area contributed by atoms with Crippen molar-refractivity contribution in [3.05, 3.63) is 28.5 Å². The summed E-state index contributed by atoms with van der Waals surface area (Å²) < 4.78 is 37.9. The number of nitrogens with zero attached hydrogens (tertiary/aromatic N) is 3. The van der Waals surface area contributed by atoms with Crippen LogP contribution in [0.1, 0.15) is 22.5 Å². The van der Waals surface area contributed by atoms with E-state index in [1.54, 1.807) is 4.90 Å². The Bertz CT molecular complexity index is 789. The molecule has 0 bridgehead atoms. The Morgan fingerprint density at radius 2 is 1.92 bits per heavy atom. The molecule has 1 N–H and O–H groups in total. The highest BCUT2D eigenvalue weighted by molar-refractivity contribution is 6.33. The van der Waals surface area contributed by atoms with Crippen LogP contribution in [-0.4, -0.2) is 64.0 Å². The number of likely N-dealkylation sites (tertiary alicyclic amines) is 2. The molecule has 1 aromatic heterocycles. The number of aromatic nitrogens is 1. The fourth-order valence-corrected chi connectivity index (χ4v) is 3.91. The molecular weight excluding hydrogens is 375 g/mol. The van der Waals surface area contributed by atoms with Gasteiger partial charge in [0.15, 0.2) is 0 Å². The van der Waals surface area contributed by atoms with Crippen LogP contribution < -0.4 is 0 Å². The second-order valence-corrected chi connectivity index (χ2v) is 7.64. The van der Waals surface area contributed by atoms with Crippen LogP contribution in [0.15, 0.2) is 12.3 Å². The van der Waals surface area contributed by atoms with E-state index in [9.17, 15) is 27.9 Å². The Morgan fingerprint density at radius 3 is 2.46 bits per heavy atom. The van der Waals surface area contributed by atoms with Gasteiger partial charge in [0.25, 0.3) is 5.91 Å². The van der Waals surface area contributed by atoms with Gasteiger partial charge in [-0.1, -0.05) is 11.6 Å². The van der Waals surface area contributed by atoms with Gasteiger partial charge in [0.1, 0.15) is 5.69 Å². The molecule has 6 nitrogen and oxygen atoms in total. The van der Waals surface area contributed by atoms with Gasteiger partial charge in [-0.2, -0.15) is 13.2 Å². The molecule has 1 aliphatic carbocycles. The number of rotatable bonds is 2. The van der Waals surface area contributed by atoms with Crippen molar-refractivity contribution in [2.45, 2.75) is 18.7 Å². The van der Waals surface area contributed by atoms with Gasteiger partial charge in [0, 0.05) is 43.7 Å². The predicted octanol–water partition coefficient (Wildman–Crippen LogP) is 1.42. The molecule has 0 aromatic carbocycles. The number of hydrogen-bond acceptors (Lipinski definition) is 4. The zero-order chi connectivity index (χ0) is 18.9. The highest BCUT2D eigenvalue weighted by atomic mass is 35.5. The number of hydrogen-bond donors (Lipinski definition) is 1. The summed E-state index contributed by atoms with van der Waals surface area (Å²) in [5.74, 6) is -0.699. The maximum Gasteiger partial charge on any atom is 0.417 e. The van der Waals surface area contributed by atoms with Crippen LogP contribution in [0, 0.1) is 11.3 Å². The van der Waals surface area contributed by atoms with Crippen LogP contribution >= 0.6 is 11.6 Å². The van der Waals surface area contributed by atoms with E-state index in [2.05, 4.69) is 4.98 Å². The second-order valence-electron chi connectivity index (χ2n) is 7.23. The Kier molecular flexibility index (Phi) is 3.75. The van der Waals surface area contributed by atoms with Gasteiger partial charge in [-0.15, -0.1) is 0 Å². The zero-order valence-electron chi connectivity index (χ0n) is 13.5. The lowest BCUT2D eigenvalue weighted by molar-refractivity contribution is -0.144. The molecule has 2 amide bonds. The van der Waals surface area contributed by atoms with Crippen LogP contribution in [0.25, 0.3) is 0 Å². The molecule has 1 atom stereocenters. The van der Waals surface area contributed by atoms with E-state index in [1.807, 2.05) is 0 Å². The van der Waals surface area contributed by atoms with Crippen molar-refractivity contribution in [1.29, 1.82) is 0 Å². The molecule has 140 valence electrons. The molecule has 1 spiro atoms. The summed E-state index contributed by atoms with van der Waals surface area (Å²) in [5.41, 5.74) is -1.47. The number of carbonyl (C=O) groups excluding carboxylic acids is 2. The SMILES string of the molecule is O=C(c1ncc(C(F)(F)F)cc1Cl)N1CC2(CC2C(=O)N2CC(O)C2)C1. The predicted molar refractivity (Wildman–Crippen MR) is 83.3 cm³/mol. The van der Waals surface area contributed by atoms with Crippen molar-refractivity contribution < 1.29 is 27.9 Å². The van der Waals surface area contributed by atoms with Crippen LogP contribution in [0.4, 0.5) is 13.2 Å². The number of carbonyl (C=O) groups is 2. The third-order valence-electron chi connectivity index (χ3n) is 5.33. The molecule has 3 heterocycles. The quantitative estimate of drug-likeness (QED) is 0.830. The third-order valence-corrected chi connectivity index (χ3v) is 5.62. The summed E-state index contributed by atoms with van der Waals surface area (Å²) in [6.07, 6.45) is -3.77. The first-order valence-corrected chi connectivity index (χ1v) is 8.47. The van der Waals surface area contributed by atoms with Crippen molar-refractivity contribution in [3.63, 3.8) is 0 Å². The molecule has 2 saturated heterocycles. The Balaban J connectivity index is 1.38. The summed E-state index contributed by atoms with van der Waals surface area (Å²) in [6, 6.07) is 0.690. The highest BCUT2D eigenvalue weighted by Crippen LogP contribution is 2.59. The van der Waals surface area contributed by atoms with Crippen molar-refractivity contribution in [1.82, 2.24) is 14.8 Å². The number of aliphatic hydroxyl groups excluding tert-OH is 1. The first-order chi connectivity index (χ1) is 12.1. The zero-order valence-corrected chi connectivity index (χ0v) is 14.2. The minimum atomic E-state index is -4.58. The summed E-state index contributed by atoms with van der Waals surface area (Å²) >= 11 is 5.81. The largest absolute Gasteiger partial charge is 0.417 e. The fourth-order valence-electron chi connectivity index (χ4n) is 3.66. The summed E-state index contributed by atoms with van der Waals surface area (Å²) in [6.45, 7) is 1.41. The number of halogens is 4. The molecule has 0 radical (unpaired) electrons. The molecule has 10 heteroatoms. The third kappa shape index (κ3) is 2.73. The average Bonchev–Trinajstić information content (AvgIpc) is 3.24. The van der Waals surface area contributed by atoms with E-state index < -0.39 is 23.8 Å². The second kappa shape index (κ2) is 5.56. The molecule has 1 aromatic rings. The lowest BCUT2D eigenvalue weighted by Gasteiger charge is -2.42. The Hall–Kier alpha value is -1.87. The van der Waals surface area contributed by atoms with E-state index in [0.717, 1.165) is 0 Å². The van der Waals surface area contributed by atoms with Gasteiger partial charge < -0.3 is 14.9 Å². The standard InChI is InChI=1S/C16H15ClF3N3O3/c17-11-1-8(16(18,19)20)3-21-12(11)14(26)23-6-15(7-23)2-10(15)13(25)22-4-9(24)5-22/h1,3,9-10,24H,2,4-7H2. The molecular formula is C16H15ClF3N3O3. The number of aliphatic hydroxyl groups is 1. The van der Waals surface area contributed by atoms with Crippen molar-refractivity contribution in [2.24, 2.45) is 11.3 Å². The molecule has 3 aliphatic rings. The van der Waals surface area contributed by atoms with Crippen molar-refractivity contribution in [2.75, 3.05) is 26.2 Å². The first-order valence-electron chi connectivity index (χ1n) is 8.10. The fraction of sp³-hybridized carbons (Fsp3) is 0.562. The summed E-state index contributed by atoms with van der Waals surface area (Å²) in [5, 5.41) is 8.93. The van der Waals surface area contributed by atoms with Crippen LogP contribution in [0.2, 0.25) is 5.02 Å². The maximum atomic E-state index is 12.6. The monoisotopic (exact) mass is 389 g/mol. The van der Waals surface area contributed by atoms with Gasteiger partial charge >= 0.3 is 6.18 Å². The summed E-state index contributed by atoms with van der Waals surface area (Å²) in [7, 11) is 0. The van der Waals surface area contributed by atoms with E-state index in [1.165, 1.54) is 4.90 Å². The number of amides is 2. The van der Waals surface area contributed by atoms with Crippen LogP contribution in [-0.2, 0) is 11.0 Å². The molecule has 2 aliphatic heterocycles. The van der Waals surface area contributed by atoms with Crippen molar-refractivity contribution >= 4 is 23.4 Å².